The van der Waals surface area contributed by atoms with Crippen molar-refractivity contribution in [3.8, 4) is 45.6 Å². The number of esters is 2. The van der Waals surface area contributed by atoms with Crippen molar-refractivity contribution in [1.29, 1.82) is 0 Å². The minimum absolute atomic E-state index is 0.0403. The van der Waals surface area contributed by atoms with Crippen LogP contribution in [-0.2, 0) is 19.1 Å². The van der Waals surface area contributed by atoms with Crippen LogP contribution in [0.4, 0.5) is 0 Å². The van der Waals surface area contributed by atoms with Crippen LogP contribution in [0.2, 0.25) is 18.1 Å². The van der Waals surface area contributed by atoms with Crippen LogP contribution in [0.5, 0.6) is 34.5 Å². The quantitative estimate of drug-likeness (QED) is 0.138. The van der Waals surface area contributed by atoms with Crippen LogP contribution in [0.15, 0.2) is 42.5 Å². The van der Waals surface area contributed by atoms with Crippen LogP contribution in [0.25, 0.3) is 11.1 Å². The fraction of sp³-hybridized carbons (Fsp3) is 0.447. The fourth-order valence-electron chi connectivity index (χ4n) is 6.92. The van der Waals surface area contributed by atoms with Crippen LogP contribution in [0, 0.1) is 5.92 Å². The molecule has 2 N–H and O–H groups in total. The summed E-state index contributed by atoms with van der Waals surface area (Å²) in [6.07, 6.45) is -2.68. The lowest BCUT2D eigenvalue weighted by molar-refractivity contribution is -0.166. The van der Waals surface area contributed by atoms with Crippen molar-refractivity contribution in [3.63, 3.8) is 0 Å². The average Bonchev–Trinajstić information content (AvgIpc) is 3.61. The molecule has 5 rings (SSSR count). The summed E-state index contributed by atoms with van der Waals surface area (Å²) >= 11 is 0. The number of carboxylic acids is 1. The maximum atomic E-state index is 13.9. The van der Waals surface area contributed by atoms with E-state index in [9.17, 15) is 24.6 Å². The maximum absolute atomic E-state index is 13.9. The Morgan fingerprint density at radius 3 is 2.13 bits per heavy atom. The first-order valence-corrected chi connectivity index (χ1v) is 19.7. The number of benzene rings is 3. The third-order valence-electron chi connectivity index (χ3n) is 10.2. The zero-order valence-electron chi connectivity index (χ0n) is 30.7. The van der Waals surface area contributed by atoms with Crippen molar-refractivity contribution in [2.75, 3.05) is 27.6 Å². The molecule has 0 spiro atoms. The number of ether oxygens (including phenoxy) is 7. The third-order valence-corrected chi connectivity index (χ3v) is 14.7. The van der Waals surface area contributed by atoms with Crippen LogP contribution < -0.4 is 28.1 Å². The number of carbonyl (C=O) groups excluding carboxylic acids is 2. The highest BCUT2D eigenvalue weighted by Gasteiger charge is 2.52. The van der Waals surface area contributed by atoms with E-state index in [1.165, 1.54) is 28.1 Å². The monoisotopic (exact) mass is 738 g/mol. The van der Waals surface area contributed by atoms with Gasteiger partial charge in [-0.1, -0.05) is 45.9 Å². The van der Waals surface area contributed by atoms with Crippen molar-refractivity contribution in [2.24, 2.45) is 5.92 Å². The van der Waals surface area contributed by atoms with Crippen LogP contribution in [0.3, 0.4) is 0 Å². The molecule has 0 bridgehead atoms. The molecule has 0 unspecified atom stereocenters. The number of carboxylic acid groups (broad SMARTS) is 1. The molecule has 0 fully saturated rings. The fourth-order valence-corrected chi connectivity index (χ4v) is 9.48. The smallest absolute Gasteiger partial charge is 0.341 e. The van der Waals surface area contributed by atoms with Gasteiger partial charge >= 0.3 is 17.9 Å². The molecular formula is C38H46O13Si. The molecule has 280 valence electrons. The summed E-state index contributed by atoms with van der Waals surface area (Å²) in [7, 11) is 0.310. The highest BCUT2D eigenvalue weighted by molar-refractivity contribution is 6.74. The summed E-state index contributed by atoms with van der Waals surface area (Å²) in [5.41, 5.74) is -0.712. The van der Waals surface area contributed by atoms with Gasteiger partial charge in [-0.05, 0) is 49.3 Å². The third kappa shape index (κ3) is 6.96. The Morgan fingerprint density at radius 2 is 1.56 bits per heavy atom. The van der Waals surface area contributed by atoms with Gasteiger partial charge in [-0.25, -0.2) is 9.59 Å². The van der Waals surface area contributed by atoms with Crippen LogP contribution >= 0.6 is 0 Å². The van der Waals surface area contributed by atoms with Gasteiger partial charge in [0.05, 0.1) is 19.8 Å². The Kier molecular flexibility index (Phi) is 11.3. The van der Waals surface area contributed by atoms with E-state index in [0.717, 1.165) is 0 Å². The molecule has 52 heavy (non-hydrogen) atoms. The first-order chi connectivity index (χ1) is 24.8. The molecule has 2 aliphatic rings. The second kappa shape index (κ2) is 15.3. The summed E-state index contributed by atoms with van der Waals surface area (Å²) in [5, 5.41) is 22.5. The van der Waals surface area contributed by atoms with E-state index >= 15 is 0 Å². The predicted molar refractivity (Wildman–Crippen MR) is 191 cm³/mol. The van der Waals surface area contributed by atoms with E-state index in [4.69, 9.17) is 37.6 Å². The minimum atomic E-state index is -2.61. The van der Waals surface area contributed by atoms with Crippen molar-refractivity contribution in [1.82, 2.24) is 0 Å². The molecule has 3 aromatic rings. The van der Waals surface area contributed by atoms with Gasteiger partial charge in [0, 0.05) is 35.1 Å². The SMILES string of the molecule is CC[Si](CC)(CC)Oc1c(OC)c(OC)cc2c1-c1c(cc3c(c1OCC(=O)O)OCO3)[C@H](OC(C)=O)[C@H](C)[C@](C)(O)[C@H]2OC(=O)c1ccccc1. The maximum Gasteiger partial charge on any atom is 0.341 e. The van der Waals surface area contributed by atoms with Gasteiger partial charge in [-0.2, -0.15) is 0 Å². The van der Waals surface area contributed by atoms with Crippen molar-refractivity contribution in [3.05, 3.63) is 59.2 Å². The summed E-state index contributed by atoms with van der Waals surface area (Å²) in [6.45, 7) is 9.58. The normalized spacial score (nSPS) is 20.4. The molecule has 4 atom stereocenters. The van der Waals surface area contributed by atoms with Gasteiger partial charge < -0.3 is 47.8 Å². The number of carbonyl (C=O) groups is 3. The Balaban J connectivity index is 2.02. The zero-order valence-corrected chi connectivity index (χ0v) is 31.7. The lowest BCUT2D eigenvalue weighted by atomic mass is 9.71. The van der Waals surface area contributed by atoms with E-state index in [-0.39, 0.29) is 63.5 Å². The number of methoxy groups -OCH3 is 2. The number of hydrogen-bond acceptors (Lipinski definition) is 12. The van der Waals surface area contributed by atoms with E-state index in [0.29, 0.717) is 23.7 Å². The molecule has 0 saturated heterocycles. The highest BCUT2D eigenvalue weighted by atomic mass is 28.4. The molecule has 0 amide bonds. The van der Waals surface area contributed by atoms with Crippen molar-refractivity contribution >= 4 is 26.2 Å². The van der Waals surface area contributed by atoms with E-state index in [2.05, 4.69) is 20.8 Å². The largest absolute Gasteiger partial charge is 0.541 e. The second-order valence-electron chi connectivity index (χ2n) is 13.0. The number of hydrogen-bond donors (Lipinski definition) is 2. The van der Waals surface area contributed by atoms with Crippen LogP contribution in [0.1, 0.15) is 75.2 Å². The molecule has 0 aromatic heterocycles. The predicted octanol–water partition coefficient (Wildman–Crippen LogP) is 6.85. The molecular weight excluding hydrogens is 692 g/mol. The van der Waals surface area contributed by atoms with Gasteiger partial charge in [0.1, 0.15) is 11.7 Å². The molecule has 1 aliphatic heterocycles. The van der Waals surface area contributed by atoms with E-state index < -0.39 is 56.6 Å². The number of aliphatic carboxylic acids is 1. The van der Waals surface area contributed by atoms with Crippen molar-refractivity contribution < 1.29 is 62.2 Å². The van der Waals surface area contributed by atoms with E-state index in [1.54, 1.807) is 49.4 Å². The summed E-state index contributed by atoms with van der Waals surface area (Å²) in [6, 6.07) is 13.7. The van der Waals surface area contributed by atoms with Gasteiger partial charge in [0.25, 0.3) is 8.32 Å². The minimum Gasteiger partial charge on any atom is -0.541 e. The Labute approximate surface area is 303 Å². The van der Waals surface area contributed by atoms with Gasteiger partial charge in [0.15, 0.2) is 35.7 Å². The molecule has 13 nitrogen and oxygen atoms in total. The lowest BCUT2D eigenvalue weighted by Crippen LogP contribution is -2.46. The van der Waals surface area contributed by atoms with E-state index in [1.807, 2.05) is 0 Å². The lowest BCUT2D eigenvalue weighted by Gasteiger charge is -2.44. The number of aliphatic hydroxyl groups is 1. The van der Waals surface area contributed by atoms with Gasteiger partial charge in [-0.3, -0.25) is 4.79 Å². The summed E-state index contributed by atoms with van der Waals surface area (Å²) < 4.78 is 49.1. The first-order valence-electron chi connectivity index (χ1n) is 17.2. The van der Waals surface area contributed by atoms with Gasteiger partial charge in [0.2, 0.25) is 18.3 Å². The number of rotatable bonds is 13. The zero-order chi connectivity index (χ0) is 38.0. The second-order valence-corrected chi connectivity index (χ2v) is 17.7. The molecule has 3 aromatic carbocycles. The molecule has 0 saturated carbocycles. The summed E-state index contributed by atoms with van der Waals surface area (Å²) in [4.78, 5) is 38.8. The van der Waals surface area contributed by atoms with Crippen molar-refractivity contribution in [2.45, 2.75) is 77.5 Å². The standard InChI is InChI=1S/C38H46O13Si/c1-9-52(10-2,11-3)51-35-30-25(18-26(44-7)32(35)45-8)36(50-37(42)23-15-13-12-14-16-23)38(6,43)21(4)31(49-22(5)39)24-17-27-33(48-20-47-27)34(29(24)30)46-19-28(40)41/h12-18,21,31,36,43H,9-11,19-20H2,1-8H3,(H,40,41)/t21-,31+,36-,38-/m0/s1. The Hall–Kier alpha value is -4.95. The average molecular weight is 739 g/mol. The van der Waals surface area contributed by atoms with Crippen LogP contribution in [-0.4, -0.2) is 69.7 Å². The molecule has 14 heteroatoms. The topological polar surface area (TPSA) is 166 Å². The molecule has 0 radical (unpaired) electrons. The molecule has 1 aliphatic carbocycles. The Bertz CT molecular complexity index is 1810. The summed E-state index contributed by atoms with van der Waals surface area (Å²) in [5.74, 6) is -2.75. The number of fused-ring (bicyclic) bond motifs is 4. The first kappa shape index (κ1) is 38.3. The molecule has 1 heterocycles. The highest BCUT2D eigenvalue weighted by Crippen LogP contribution is 2.62. The Morgan fingerprint density at radius 1 is 0.904 bits per heavy atom. The van der Waals surface area contributed by atoms with Gasteiger partial charge in [-0.15, -0.1) is 0 Å².